The molecular formula is C39H25N3O2S. The van der Waals surface area contributed by atoms with Crippen LogP contribution in [0.1, 0.15) is 0 Å². The maximum absolute atomic E-state index is 14.0. The number of fused-ring (bicyclic) bond motifs is 3. The van der Waals surface area contributed by atoms with Crippen molar-refractivity contribution in [2.75, 3.05) is 0 Å². The standard InChI is InChI=1S/C39H25N3O2S/c43-45(44)35-24-31(28-18-16-27(17-19-28)26-10-4-1-5-11-26)20-22-33(35)34-23-21-32(25-36(34)45)39-41-37(29-12-6-2-7-13-29)40-38(42-39)30-14-8-3-9-15-30/h1-25H. The fourth-order valence-electron chi connectivity index (χ4n) is 5.79. The molecule has 8 rings (SSSR count). The van der Waals surface area contributed by atoms with Gasteiger partial charge in [-0.05, 0) is 34.4 Å². The summed E-state index contributed by atoms with van der Waals surface area (Å²) in [5.74, 6) is 1.46. The molecule has 1 aliphatic rings. The lowest BCUT2D eigenvalue weighted by Crippen LogP contribution is -2.01. The third kappa shape index (κ3) is 4.82. The summed E-state index contributed by atoms with van der Waals surface area (Å²) in [6.07, 6.45) is 0. The molecule has 0 N–H and O–H groups in total. The molecule has 0 atom stereocenters. The zero-order chi connectivity index (χ0) is 30.4. The van der Waals surface area contributed by atoms with Crippen LogP contribution < -0.4 is 0 Å². The van der Waals surface area contributed by atoms with E-state index in [0.717, 1.165) is 33.4 Å². The van der Waals surface area contributed by atoms with Gasteiger partial charge in [0.05, 0.1) is 9.79 Å². The third-order valence-electron chi connectivity index (χ3n) is 8.12. The first-order valence-corrected chi connectivity index (χ1v) is 16.1. The Morgan fingerprint density at radius 1 is 0.333 bits per heavy atom. The molecule has 0 amide bonds. The minimum atomic E-state index is -3.77. The molecule has 0 saturated heterocycles. The molecule has 0 radical (unpaired) electrons. The van der Waals surface area contributed by atoms with Gasteiger partial charge in [-0.3, -0.25) is 0 Å². The van der Waals surface area contributed by atoms with E-state index in [1.165, 1.54) is 0 Å². The molecule has 7 aromatic rings. The number of hydrogen-bond acceptors (Lipinski definition) is 5. The highest BCUT2D eigenvalue weighted by molar-refractivity contribution is 7.92. The van der Waals surface area contributed by atoms with E-state index in [4.69, 9.17) is 15.0 Å². The van der Waals surface area contributed by atoms with Gasteiger partial charge in [0.25, 0.3) is 0 Å². The van der Waals surface area contributed by atoms with Gasteiger partial charge in [-0.15, -0.1) is 0 Å². The van der Waals surface area contributed by atoms with Gasteiger partial charge in [-0.1, -0.05) is 140 Å². The highest BCUT2D eigenvalue weighted by atomic mass is 32.2. The van der Waals surface area contributed by atoms with Gasteiger partial charge < -0.3 is 0 Å². The summed E-state index contributed by atoms with van der Waals surface area (Å²) in [5.41, 5.74) is 7.74. The van der Waals surface area contributed by atoms with Crippen LogP contribution in [-0.2, 0) is 9.84 Å². The Morgan fingerprint density at radius 2 is 0.667 bits per heavy atom. The lowest BCUT2D eigenvalue weighted by atomic mass is 9.97. The SMILES string of the molecule is O=S1(=O)c2cc(-c3ccc(-c4ccccc4)cc3)ccc2-c2ccc(-c3nc(-c4ccccc4)nc(-c4ccccc4)n3)cc21. The van der Waals surface area contributed by atoms with Gasteiger partial charge in [0.1, 0.15) is 0 Å². The van der Waals surface area contributed by atoms with Gasteiger partial charge >= 0.3 is 0 Å². The first-order chi connectivity index (χ1) is 22.0. The molecule has 0 unspecified atom stereocenters. The number of rotatable bonds is 5. The van der Waals surface area contributed by atoms with Crippen molar-refractivity contribution < 1.29 is 8.42 Å². The predicted octanol–water partition coefficient (Wildman–Crippen LogP) is 9.02. The van der Waals surface area contributed by atoms with Crippen molar-refractivity contribution in [3.63, 3.8) is 0 Å². The van der Waals surface area contributed by atoms with Gasteiger partial charge in [-0.2, -0.15) is 0 Å². The van der Waals surface area contributed by atoms with Crippen LogP contribution in [0.2, 0.25) is 0 Å². The largest absolute Gasteiger partial charge is 0.218 e. The summed E-state index contributed by atoms with van der Waals surface area (Å²) < 4.78 is 28.0. The number of sulfone groups is 1. The zero-order valence-corrected chi connectivity index (χ0v) is 24.8. The molecule has 1 aliphatic heterocycles. The van der Waals surface area contributed by atoms with Gasteiger partial charge in [0, 0.05) is 27.8 Å². The fraction of sp³-hybridized carbons (Fsp3) is 0. The Labute approximate surface area is 261 Å². The average Bonchev–Trinajstić information content (AvgIpc) is 3.34. The fourth-order valence-corrected chi connectivity index (χ4v) is 7.53. The second kappa shape index (κ2) is 10.8. The summed E-state index contributed by atoms with van der Waals surface area (Å²) >= 11 is 0. The van der Waals surface area contributed by atoms with E-state index in [0.29, 0.717) is 39.1 Å². The highest BCUT2D eigenvalue weighted by Gasteiger charge is 2.34. The lowest BCUT2D eigenvalue weighted by molar-refractivity contribution is 0.599. The van der Waals surface area contributed by atoms with E-state index < -0.39 is 9.84 Å². The normalized spacial score (nSPS) is 12.8. The molecule has 6 aromatic carbocycles. The molecule has 0 saturated carbocycles. The minimum Gasteiger partial charge on any atom is -0.218 e. The van der Waals surface area contributed by atoms with Crippen molar-refractivity contribution >= 4 is 9.84 Å². The van der Waals surface area contributed by atoms with Crippen molar-refractivity contribution in [1.29, 1.82) is 0 Å². The Morgan fingerprint density at radius 3 is 1.16 bits per heavy atom. The molecule has 0 fully saturated rings. The average molecular weight is 600 g/mol. The molecule has 214 valence electrons. The smallest absolute Gasteiger partial charge is 0.207 e. The summed E-state index contributed by atoms with van der Waals surface area (Å²) in [6, 6.07) is 48.9. The molecule has 0 spiro atoms. The maximum Gasteiger partial charge on any atom is 0.207 e. The topological polar surface area (TPSA) is 72.8 Å². The Balaban J connectivity index is 1.19. The molecule has 45 heavy (non-hydrogen) atoms. The van der Waals surface area contributed by atoms with Crippen molar-refractivity contribution in [3.8, 4) is 67.5 Å². The number of benzene rings is 6. The summed E-state index contributed by atoms with van der Waals surface area (Å²) in [5, 5.41) is 0. The van der Waals surface area contributed by atoms with Crippen LogP contribution >= 0.6 is 0 Å². The van der Waals surface area contributed by atoms with Gasteiger partial charge in [-0.25, -0.2) is 23.4 Å². The van der Waals surface area contributed by atoms with Gasteiger partial charge in [0.15, 0.2) is 17.5 Å². The minimum absolute atomic E-state index is 0.259. The van der Waals surface area contributed by atoms with Crippen LogP contribution in [0.5, 0.6) is 0 Å². The van der Waals surface area contributed by atoms with Crippen LogP contribution in [-0.4, -0.2) is 23.4 Å². The zero-order valence-electron chi connectivity index (χ0n) is 24.0. The quantitative estimate of drug-likeness (QED) is 0.197. The molecule has 1 aromatic heterocycles. The molecule has 0 aliphatic carbocycles. The maximum atomic E-state index is 14.0. The van der Waals surface area contributed by atoms with Crippen molar-refractivity contribution in [3.05, 3.63) is 152 Å². The molecule has 6 heteroatoms. The second-order valence-corrected chi connectivity index (χ2v) is 12.8. The number of aromatic nitrogens is 3. The van der Waals surface area contributed by atoms with Crippen molar-refractivity contribution in [2.24, 2.45) is 0 Å². The number of hydrogen-bond donors (Lipinski definition) is 0. The van der Waals surface area contributed by atoms with E-state index in [2.05, 4.69) is 24.3 Å². The van der Waals surface area contributed by atoms with E-state index in [1.807, 2.05) is 115 Å². The third-order valence-corrected chi connectivity index (χ3v) is 9.95. The molecule has 0 bridgehead atoms. The van der Waals surface area contributed by atoms with Crippen LogP contribution in [0.25, 0.3) is 67.5 Å². The van der Waals surface area contributed by atoms with Crippen LogP contribution in [0.4, 0.5) is 0 Å². The Bertz CT molecular complexity index is 2250. The summed E-state index contributed by atoms with van der Waals surface area (Å²) in [4.78, 5) is 14.9. The Kier molecular flexibility index (Phi) is 6.43. The van der Waals surface area contributed by atoms with Crippen LogP contribution in [0.15, 0.2) is 161 Å². The summed E-state index contributed by atoms with van der Waals surface area (Å²) in [7, 11) is -3.77. The summed E-state index contributed by atoms with van der Waals surface area (Å²) in [6.45, 7) is 0. The van der Waals surface area contributed by atoms with E-state index in [1.54, 1.807) is 12.1 Å². The van der Waals surface area contributed by atoms with Crippen LogP contribution in [0, 0.1) is 0 Å². The molecular weight excluding hydrogens is 575 g/mol. The predicted molar refractivity (Wildman–Crippen MR) is 178 cm³/mol. The van der Waals surface area contributed by atoms with Gasteiger partial charge in [0.2, 0.25) is 9.84 Å². The molecule has 5 nitrogen and oxygen atoms in total. The highest BCUT2D eigenvalue weighted by Crippen LogP contribution is 2.46. The molecule has 2 heterocycles. The first-order valence-electron chi connectivity index (χ1n) is 14.6. The van der Waals surface area contributed by atoms with E-state index in [9.17, 15) is 8.42 Å². The number of nitrogens with zero attached hydrogens (tertiary/aromatic N) is 3. The lowest BCUT2D eigenvalue weighted by Gasteiger charge is -2.09. The first kappa shape index (κ1) is 26.9. The van der Waals surface area contributed by atoms with Crippen LogP contribution in [0.3, 0.4) is 0 Å². The van der Waals surface area contributed by atoms with E-state index in [-0.39, 0.29) is 4.90 Å². The van der Waals surface area contributed by atoms with Crippen molar-refractivity contribution in [2.45, 2.75) is 9.79 Å². The monoisotopic (exact) mass is 599 g/mol. The van der Waals surface area contributed by atoms with E-state index >= 15 is 0 Å². The second-order valence-electron chi connectivity index (χ2n) is 10.9. The Hall–Kier alpha value is -5.72. The van der Waals surface area contributed by atoms with Crippen molar-refractivity contribution in [1.82, 2.24) is 15.0 Å².